The molecule has 0 atom stereocenters. The Hall–Kier alpha value is -1.87. The lowest BCUT2D eigenvalue weighted by Crippen LogP contribution is -2.14. The van der Waals surface area contributed by atoms with E-state index in [1.165, 1.54) is 18.2 Å². The van der Waals surface area contributed by atoms with Crippen molar-refractivity contribution in [3.63, 3.8) is 0 Å². The zero-order chi connectivity index (χ0) is 14.4. The smallest absolute Gasteiger partial charge is 0.319 e. The number of nitrogens with two attached hydrogens (primary N) is 1. The third-order valence-electron chi connectivity index (χ3n) is 1.67. The maximum Gasteiger partial charge on any atom is 0.319 e. The molecule has 3 heteroatoms. The van der Waals surface area contributed by atoms with Gasteiger partial charge in [-0.15, -0.1) is 6.58 Å². The molecule has 1 aromatic rings. The molecule has 0 amide bonds. The summed E-state index contributed by atoms with van der Waals surface area (Å²) in [5.74, 6) is -0.380. The second kappa shape index (κ2) is 13.2. The Kier molecular flexibility index (Phi) is 13.6. The predicted octanol–water partition coefficient (Wildman–Crippen LogP) is 2.95. The van der Waals surface area contributed by atoms with E-state index in [0.717, 1.165) is 0 Å². The van der Waals surface area contributed by atoms with Crippen molar-refractivity contribution in [2.75, 3.05) is 13.7 Å². The van der Waals surface area contributed by atoms with Crippen molar-refractivity contribution < 1.29 is 9.53 Å². The van der Waals surface area contributed by atoms with E-state index in [2.05, 4.69) is 37.0 Å². The Morgan fingerprint density at radius 2 is 2.00 bits per heavy atom. The van der Waals surface area contributed by atoms with Crippen LogP contribution in [0.3, 0.4) is 0 Å². The fourth-order valence-electron chi connectivity index (χ4n) is 0.880. The fraction of sp³-hybridized carbons (Fsp3) is 0.267. The van der Waals surface area contributed by atoms with E-state index in [1.807, 2.05) is 25.1 Å². The van der Waals surface area contributed by atoms with Gasteiger partial charge in [-0.05, 0) is 19.4 Å². The van der Waals surface area contributed by atoms with Crippen molar-refractivity contribution in [3.8, 4) is 0 Å². The second-order valence-electron chi connectivity index (χ2n) is 3.31. The summed E-state index contributed by atoms with van der Waals surface area (Å²) in [7, 11) is 1.30. The van der Waals surface area contributed by atoms with Gasteiger partial charge in [-0.1, -0.05) is 48.6 Å². The number of allylic oxidation sites excluding steroid dienone is 1. The molecule has 0 fully saturated rings. The largest absolute Gasteiger partial charge is 0.468 e. The molecule has 0 bridgehead atoms. The van der Waals surface area contributed by atoms with Crippen LogP contribution in [0.25, 0.3) is 6.08 Å². The van der Waals surface area contributed by atoms with Crippen molar-refractivity contribution in [3.05, 3.63) is 54.6 Å². The quantitative estimate of drug-likeness (QED) is 0.647. The van der Waals surface area contributed by atoms with Crippen LogP contribution in [0.5, 0.6) is 0 Å². The SMILES string of the molecule is C=CC.C=Cc1cccc(C)c1.COC(=O)CN. The molecule has 1 aromatic carbocycles. The van der Waals surface area contributed by atoms with Gasteiger partial charge >= 0.3 is 5.97 Å². The van der Waals surface area contributed by atoms with Gasteiger partial charge in [0.25, 0.3) is 0 Å². The number of rotatable bonds is 2. The molecule has 0 aliphatic carbocycles. The molecule has 0 saturated carbocycles. The lowest BCUT2D eigenvalue weighted by Gasteiger charge is -1.92. The minimum Gasteiger partial charge on any atom is -0.468 e. The first-order chi connectivity index (χ1) is 8.55. The van der Waals surface area contributed by atoms with Crippen molar-refractivity contribution >= 4 is 12.0 Å². The van der Waals surface area contributed by atoms with E-state index in [4.69, 9.17) is 5.73 Å². The van der Waals surface area contributed by atoms with Gasteiger partial charge in [0, 0.05) is 0 Å². The maximum absolute atomic E-state index is 9.83. The summed E-state index contributed by atoms with van der Waals surface area (Å²) in [4.78, 5) is 9.83. The van der Waals surface area contributed by atoms with Crippen molar-refractivity contribution in [1.29, 1.82) is 0 Å². The average Bonchev–Trinajstić information content (AvgIpc) is 2.39. The average molecular weight is 249 g/mol. The van der Waals surface area contributed by atoms with Gasteiger partial charge in [-0.25, -0.2) is 0 Å². The number of carbonyl (C=O) groups is 1. The molecule has 0 heterocycles. The number of esters is 1. The molecule has 0 aliphatic heterocycles. The fourth-order valence-corrected chi connectivity index (χ4v) is 0.880. The standard InChI is InChI=1S/C9H10.C3H7NO2.C3H6/c1-3-9-6-4-5-8(2)7-9;1-6-3(5)2-4;1-3-2/h3-7H,1H2,2H3;2,4H2,1H3;3H,1H2,2H3. The summed E-state index contributed by atoms with van der Waals surface area (Å²) >= 11 is 0. The number of aryl methyl sites for hydroxylation is 1. The number of hydrogen-bond donors (Lipinski definition) is 1. The molecule has 0 radical (unpaired) electrons. The van der Waals surface area contributed by atoms with Crippen LogP contribution in [0.1, 0.15) is 18.1 Å². The van der Waals surface area contributed by atoms with E-state index < -0.39 is 0 Å². The predicted molar refractivity (Wildman–Crippen MR) is 78.2 cm³/mol. The van der Waals surface area contributed by atoms with Crippen LogP contribution in [-0.4, -0.2) is 19.6 Å². The van der Waals surface area contributed by atoms with Gasteiger partial charge in [0.1, 0.15) is 0 Å². The van der Waals surface area contributed by atoms with Crippen molar-refractivity contribution in [2.24, 2.45) is 5.73 Å². The van der Waals surface area contributed by atoms with E-state index in [0.29, 0.717) is 0 Å². The molecule has 1 rings (SSSR count). The Labute approximate surface area is 110 Å². The lowest BCUT2D eigenvalue weighted by molar-refractivity contribution is -0.138. The second-order valence-corrected chi connectivity index (χ2v) is 3.31. The molecule has 0 aliphatic rings. The molecular weight excluding hydrogens is 226 g/mol. The van der Waals surface area contributed by atoms with Crippen LogP contribution in [0, 0.1) is 6.92 Å². The van der Waals surface area contributed by atoms with Crippen LogP contribution < -0.4 is 5.73 Å². The Morgan fingerprint density at radius 1 is 1.44 bits per heavy atom. The Morgan fingerprint density at radius 3 is 2.22 bits per heavy atom. The van der Waals surface area contributed by atoms with Gasteiger partial charge in [-0.2, -0.15) is 0 Å². The van der Waals surface area contributed by atoms with E-state index >= 15 is 0 Å². The summed E-state index contributed by atoms with van der Waals surface area (Å²) < 4.78 is 4.14. The third kappa shape index (κ3) is 12.2. The van der Waals surface area contributed by atoms with E-state index in [-0.39, 0.29) is 12.5 Å². The molecule has 0 spiro atoms. The highest BCUT2D eigenvalue weighted by molar-refractivity contribution is 5.70. The van der Waals surface area contributed by atoms with Crippen LogP contribution in [-0.2, 0) is 9.53 Å². The summed E-state index contributed by atoms with van der Waals surface area (Å²) in [5.41, 5.74) is 7.28. The maximum atomic E-state index is 9.83. The van der Waals surface area contributed by atoms with Gasteiger partial charge in [-0.3, -0.25) is 4.79 Å². The number of methoxy groups -OCH3 is 1. The minimum absolute atomic E-state index is 0.0312. The highest BCUT2D eigenvalue weighted by Gasteiger charge is 1.87. The molecule has 0 saturated heterocycles. The number of benzene rings is 1. The van der Waals surface area contributed by atoms with Gasteiger partial charge in [0.2, 0.25) is 0 Å². The van der Waals surface area contributed by atoms with E-state index in [9.17, 15) is 4.79 Å². The van der Waals surface area contributed by atoms with E-state index in [1.54, 1.807) is 6.08 Å². The van der Waals surface area contributed by atoms with Gasteiger partial charge in [0.05, 0.1) is 13.7 Å². The Balaban J connectivity index is 0. The zero-order valence-electron chi connectivity index (χ0n) is 11.5. The molecule has 2 N–H and O–H groups in total. The van der Waals surface area contributed by atoms with Crippen LogP contribution in [0.2, 0.25) is 0 Å². The minimum atomic E-state index is -0.380. The highest BCUT2D eigenvalue weighted by atomic mass is 16.5. The summed E-state index contributed by atoms with van der Waals surface area (Å²) in [6, 6.07) is 8.26. The summed E-state index contributed by atoms with van der Waals surface area (Å²) in [6.07, 6.45) is 3.60. The molecular formula is C15H23NO2. The monoisotopic (exact) mass is 249 g/mol. The Bertz CT molecular complexity index is 353. The summed E-state index contributed by atoms with van der Waals surface area (Å²) in [5, 5.41) is 0. The van der Waals surface area contributed by atoms with Gasteiger partial charge < -0.3 is 10.5 Å². The topological polar surface area (TPSA) is 52.3 Å². The number of carbonyl (C=O) groups excluding carboxylic acids is 1. The first-order valence-electron chi connectivity index (χ1n) is 5.58. The normalized spacial score (nSPS) is 7.78. The van der Waals surface area contributed by atoms with Crippen LogP contribution >= 0.6 is 0 Å². The number of hydrogen-bond acceptors (Lipinski definition) is 3. The molecule has 0 aromatic heterocycles. The lowest BCUT2D eigenvalue weighted by atomic mass is 10.1. The van der Waals surface area contributed by atoms with Crippen LogP contribution in [0.4, 0.5) is 0 Å². The molecule has 0 unspecified atom stereocenters. The van der Waals surface area contributed by atoms with Crippen molar-refractivity contribution in [1.82, 2.24) is 0 Å². The summed E-state index contributed by atoms with van der Waals surface area (Å²) in [6.45, 7) is 11.0. The van der Waals surface area contributed by atoms with Gasteiger partial charge in [0.15, 0.2) is 0 Å². The zero-order valence-corrected chi connectivity index (χ0v) is 11.5. The van der Waals surface area contributed by atoms with Crippen LogP contribution in [0.15, 0.2) is 43.5 Å². The third-order valence-corrected chi connectivity index (χ3v) is 1.67. The molecule has 18 heavy (non-hydrogen) atoms. The molecule has 3 nitrogen and oxygen atoms in total. The first-order valence-corrected chi connectivity index (χ1v) is 5.58. The highest BCUT2D eigenvalue weighted by Crippen LogP contribution is 2.03. The van der Waals surface area contributed by atoms with Crippen molar-refractivity contribution in [2.45, 2.75) is 13.8 Å². The first kappa shape index (κ1) is 18.5. The molecule has 100 valence electrons. The number of ether oxygens (including phenoxy) is 1.